The van der Waals surface area contributed by atoms with Crippen molar-refractivity contribution in [2.75, 3.05) is 40.9 Å². The molecule has 0 radical (unpaired) electrons. The first-order valence-corrected chi connectivity index (χ1v) is 7.30. The predicted octanol–water partition coefficient (Wildman–Crippen LogP) is 2.70. The Morgan fingerprint density at radius 2 is 1.95 bits per heavy atom. The second kappa shape index (κ2) is 8.82. The van der Waals surface area contributed by atoms with Gasteiger partial charge in [-0.3, -0.25) is 0 Å². The van der Waals surface area contributed by atoms with Gasteiger partial charge in [0.25, 0.3) is 0 Å². The summed E-state index contributed by atoms with van der Waals surface area (Å²) in [4.78, 5) is 2.30. The monoisotopic (exact) mass is 280 g/mol. The van der Waals surface area contributed by atoms with Crippen molar-refractivity contribution in [3.8, 4) is 11.5 Å². The first-order valence-electron chi connectivity index (χ1n) is 7.30. The maximum atomic E-state index is 5.51. The third-order valence-corrected chi connectivity index (χ3v) is 3.49. The summed E-state index contributed by atoms with van der Waals surface area (Å²) in [6.45, 7) is 7.30. The van der Waals surface area contributed by atoms with Gasteiger partial charge in [0.15, 0.2) is 0 Å². The fourth-order valence-corrected chi connectivity index (χ4v) is 2.14. The third-order valence-electron chi connectivity index (χ3n) is 3.49. The molecular weight excluding hydrogens is 252 g/mol. The molecule has 0 saturated heterocycles. The van der Waals surface area contributed by atoms with Crippen LogP contribution >= 0.6 is 0 Å². The highest BCUT2D eigenvalue weighted by Gasteiger charge is 2.18. The van der Waals surface area contributed by atoms with E-state index < -0.39 is 0 Å². The molecule has 0 aliphatic heterocycles. The fourth-order valence-electron chi connectivity index (χ4n) is 2.14. The fraction of sp³-hybridized carbons (Fsp3) is 0.625. The van der Waals surface area contributed by atoms with Crippen LogP contribution < -0.4 is 14.8 Å². The van der Waals surface area contributed by atoms with Gasteiger partial charge in [-0.05, 0) is 44.8 Å². The van der Waals surface area contributed by atoms with Crippen LogP contribution in [0.4, 0.5) is 0 Å². The van der Waals surface area contributed by atoms with E-state index in [-0.39, 0.29) is 6.04 Å². The highest BCUT2D eigenvalue weighted by atomic mass is 16.5. The standard InChI is InChI=1S/C16H28N2O2/c1-6-10-17-15(12-18(3)7-2)14-11-13(19-4)8-9-16(14)20-5/h8-9,11,15,17H,6-7,10,12H2,1-5H3. The van der Waals surface area contributed by atoms with Gasteiger partial charge < -0.3 is 19.7 Å². The molecule has 1 unspecified atom stereocenters. The quantitative estimate of drug-likeness (QED) is 0.754. The predicted molar refractivity (Wildman–Crippen MR) is 83.8 cm³/mol. The summed E-state index contributed by atoms with van der Waals surface area (Å²) in [5, 5.41) is 3.60. The lowest BCUT2D eigenvalue weighted by Gasteiger charge is -2.26. The van der Waals surface area contributed by atoms with Gasteiger partial charge in [0.1, 0.15) is 11.5 Å². The molecule has 0 aliphatic rings. The van der Waals surface area contributed by atoms with Crippen molar-refractivity contribution in [1.29, 1.82) is 0 Å². The SMILES string of the molecule is CCCNC(CN(C)CC)c1cc(OC)ccc1OC. The van der Waals surface area contributed by atoms with Crippen LogP contribution in [0, 0.1) is 0 Å². The Morgan fingerprint density at radius 1 is 1.20 bits per heavy atom. The molecule has 0 saturated carbocycles. The summed E-state index contributed by atoms with van der Waals surface area (Å²) in [5.74, 6) is 1.77. The molecule has 0 fully saturated rings. The summed E-state index contributed by atoms with van der Waals surface area (Å²) in [6.07, 6.45) is 1.11. The van der Waals surface area contributed by atoms with Gasteiger partial charge in [-0.25, -0.2) is 0 Å². The number of rotatable bonds is 9. The van der Waals surface area contributed by atoms with Gasteiger partial charge in [-0.2, -0.15) is 0 Å². The highest BCUT2D eigenvalue weighted by molar-refractivity contribution is 5.42. The van der Waals surface area contributed by atoms with Crippen LogP contribution in [-0.2, 0) is 0 Å². The second-order valence-corrected chi connectivity index (χ2v) is 4.97. The number of hydrogen-bond acceptors (Lipinski definition) is 4. The van der Waals surface area contributed by atoms with Gasteiger partial charge >= 0.3 is 0 Å². The van der Waals surface area contributed by atoms with Crippen molar-refractivity contribution in [2.45, 2.75) is 26.3 Å². The van der Waals surface area contributed by atoms with E-state index in [9.17, 15) is 0 Å². The van der Waals surface area contributed by atoms with Crippen molar-refractivity contribution in [3.63, 3.8) is 0 Å². The Morgan fingerprint density at radius 3 is 2.50 bits per heavy atom. The number of ether oxygens (including phenoxy) is 2. The van der Waals surface area contributed by atoms with Crippen molar-refractivity contribution in [3.05, 3.63) is 23.8 Å². The lowest BCUT2D eigenvalue weighted by atomic mass is 10.0. The van der Waals surface area contributed by atoms with Gasteiger partial charge in [0.05, 0.1) is 14.2 Å². The first kappa shape index (κ1) is 16.8. The Bertz CT molecular complexity index is 396. The van der Waals surface area contributed by atoms with Gasteiger partial charge in [0.2, 0.25) is 0 Å². The van der Waals surface area contributed by atoms with E-state index in [1.165, 1.54) is 0 Å². The maximum absolute atomic E-state index is 5.51. The number of methoxy groups -OCH3 is 2. The molecule has 1 N–H and O–H groups in total. The molecule has 0 aromatic heterocycles. The molecule has 0 amide bonds. The molecular formula is C16H28N2O2. The van der Waals surface area contributed by atoms with Crippen LogP contribution in [0.25, 0.3) is 0 Å². The van der Waals surface area contributed by atoms with Crippen LogP contribution in [0.3, 0.4) is 0 Å². The van der Waals surface area contributed by atoms with Crippen LogP contribution in [0.1, 0.15) is 31.9 Å². The number of benzene rings is 1. The normalized spacial score (nSPS) is 12.5. The molecule has 20 heavy (non-hydrogen) atoms. The Hall–Kier alpha value is -1.26. The lowest BCUT2D eigenvalue weighted by molar-refractivity contribution is 0.297. The van der Waals surface area contributed by atoms with Crippen molar-refractivity contribution in [2.24, 2.45) is 0 Å². The van der Waals surface area contributed by atoms with Gasteiger partial charge in [-0.1, -0.05) is 13.8 Å². The molecule has 1 aromatic rings. The number of nitrogens with zero attached hydrogens (tertiary/aromatic N) is 1. The summed E-state index contributed by atoms with van der Waals surface area (Å²) in [5.41, 5.74) is 1.15. The van der Waals surface area contributed by atoms with Crippen LogP contribution in [0.15, 0.2) is 18.2 Å². The minimum Gasteiger partial charge on any atom is -0.497 e. The second-order valence-electron chi connectivity index (χ2n) is 4.97. The molecule has 0 aliphatic carbocycles. The maximum Gasteiger partial charge on any atom is 0.123 e. The molecule has 0 heterocycles. The number of hydrogen-bond donors (Lipinski definition) is 1. The van der Waals surface area contributed by atoms with Crippen LogP contribution in [0.5, 0.6) is 11.5 Å². The van der Waals surface area contributed by atoms with E-state index in [1.807, 2.05) is 12.1 Å². The van der Waals surface area contributed by atoms with E-state index in [1.54, 1.807) is 14.2 Å². The van der Waals surface area contributed by atoms with E-state index >= 15 is 0 Å². The largest absolute Gasteiger partial charge is 0.497 e. The Kier molecular flexibility index (Phi) is 7.41. The molecule has 1 rings (SSSR count). The van der Waals surface area contributed by atoms with E-state index in [0.29, 0.717) is 0 Å². The van der Waals surface area contributed by atoms with Crippen LogP contribution in [0.2, 0.25) is 0 Å². The van der Waals surface area contributed by atoms with Crippen molar-refractivity contribution >= 4 is 0 Å². The average Bonchev–Trinajstić information content (AvgIpc) is 2.50. The van der Waals surface area contributed by atoms with E-state index in [0.717, 1.165) is 43.1 Å². The lowest BCUT2D eigenvalue weighted by Crippen LogP contribution is -2.33. The van der Waals surface area contributed by atoms with Crippen molar-refractivity contribution < 1.29 is 9.47 Å². The first-order chi connectivity index (χ1) is 9.65. The molecule has 4 heteroatoms. The highest BCUT2D eigenvalue weighted by Crippen LogP contribution is 2.29. The average molecular weight is 280 g/mol. The zero-order chi connectivity index (χ0) is 15.0. The summed E-state index contributed by atoms with van der Waals surface area (Å²) >= 11 is 0. The smallest absolute Gasteiger partial charge is 0.123 e. The van der Waals surface area contributed by atoms with Gasteiger partial charge in [0, 0.05) is 18.2 Å². The zero-order valence-corrected chi connectivity index (χ0v) is 13.4. The molecule has 4 nitrogen and oxygen atoms in total. The Balaban J connectivity index is 3.02. The van der Waals surface area contributed by atoms with E-state index in [2.05, 4.69) is 37.2 Å². The van der Waals surface area contributed by atoms with Crippen molar-refractivity contribution in [1.82, 2.24) is 10.2 Å². The van der Waals surface area contributed by atoms with Crippen LogP contribution in [-0.4, -0.2) is 45.8 Å². The summed E-state index contributed by atoms with van der Waals surface area (Å²) in [7, 11) is 5.54. The molecule has 1 aromatic carbocycles. The molecule has 0 bridgehead atoms. The third kappa shape index (κ3) is 4.69. The summed E-state index contributed by atoms with van der Waals surface area (Å²) in [6, 6.07) is 6.21. The molecule has 0 spiro atoms. The van der Waals surface area contributed by atoms with Gasteiger partial charge in [-0.15, -0.1) is 0 Å². The minimum atomic E-state index is 0.241. The Labute approximate surface area is 123 Å². The number of nitrogens with one attached hydrogen (secondary N) is 1. The minimum absolute atomic E-state index is 0.241. The zero-order valence-electron chi connectivity index (χ0n) is 13.4. The van der Waals surface area contributed by atoms with E-state index in [4.69, 9.17) is 9.47 Å². The summed E-state index contributed by atoms with van der Waals surface area (Å²) < 4.78 is 10.9. The molecule has 114 valence electrons. The topological polar surface area (TPSA) is 33.7 Å². The molecule has 1 atom stereocenters. The number of likely N-dealkylation sites (N-methyl/N-ethyl adjacent to an activating group) is 1.